The van der Waals surface area contributed by atoms with E-state index >= 15 is 0 Å². The minimum Gasteiger partial charge on any atom is -0.393 e. The van der Waals surface area contributed by atoms with Crippen molar-refractivity contribution in [3.05, 3.63) is 66.7 Å². The van der Waals surface area contributed by atoms with Gasteiger partial charge in [-0.2, -0.15) is 0 Å². The van der Waals surface area contributed by atoms with Gasteiger partial charge in [0.05, 0.1) is 29.7 Å². The molecule has 1 N–H and O–H groups in total. The molecule has 5 rings (SSSR count). The molecule has 0 aromatic heterocycles. The van der Waals surface area contributed by atoms with E-state index < -0.39 is 23.0 Å². The largest absolute Gasteiger partial charge is 0.393 e. The van der Waals surface area contributed by atoms with E-state index in [0.29, 0.717) is 5.69 Å². The van der Waals surface area contributed by atoms with Gasteiger partial charge in [-0.25, -0.2) is 4.90 Å². The van der Waals surface area contributed by atoms with Gasteiger partial charge in [0.1, 0.15) is 5.60 Å². The van der Waals surface area contributed by atoms with Crippen LogP contribution in [0.5, 0.6) is 0 Å². The Morgan fingerprint density at radius 2 is 1.63 bits per heavy atom. The second-order valence-corrected chi connectivity index (χ2v) is 7.58. The Labute approximate surface area is 156 Å². The molecule has 5 nitrogen and oxygen atoms in total. The summed E-state index contributed by atoms with van der Waals surface area (Å²) in [5, 5.41) is 9.94. The minimum absolute atomic E-state index is 0.268. The molecule has 0 aliphatic carbocycles. The zero-order chi connectivity index (χ0) is 18.8. The molecular weight excluding hydrogens is 342 g/mol. The molecule has 2 bridgehead atoms. The lowest BCUT2D eigenvalue weighted by Gasteiger charge is -2.27. The lowest BCUT2D eigenvalue weighted by Crippen LogP contribution is -2.43. The molecule has 2 saturated heterocycles. The highest BCUT2D eigenvalue weighted by Crippen LogP contribution is 2.57. The van der Waals surface area contributed by atoms with Crippen LogP contribution in [-0.2, 0) is 14.3 Å². The van der Waals surface area contributed by atoms with Crippen molar-refractivity contribution >= 4 is 17.5 Å². The van der Waals surface area contributed by atoms with Gasteiger partial charge in [-0.05, 0) is 18.6 Å². The van der Waals surface area contributed by atoms with Gasteiger partial charge in [0.2, 0.25) is 11.8 Å². The summed E-state index contributed by atoms with van der Waals surface area (Å²) in [6.45, 7) is 1.48. The number of aliphatic hydroxyl groups is 1. The van der Waals surface area contributed by atoms with Gasteiger partial charge in [-0.1, -0.05) is 60.7 Å². The van der Waals surface area contributed by atoms with Gasteiger partial charge in [-0.15, -0.1) is 0 Å². The van der Waals surface area contributed by atoms with Crippen molar-refractivity contribution in [3.63, 3.8) is 0 Å². The molecule has 27 heavy (non-hydrogen) atoms. The first-order valence-corrected chi connectivity index (χ1v) is 9.04. The number of hydrogen-bond donors (Lipinski definition) is 1. The molecule has 0 saturated carbocycles. The van der Waals surface area contributed by atoms with E-state index in [0.717, 1.165) is 11.1 Å². The van der Waals surface area contributed by atoms with E-state index in [4.69, 9.17) is 4.74 Å². The fourth-order valence-corrected chi connectivity index (χ4v) is 4.81. The van der Waals surface area contributed by atoms with Crippen LogP contribution < -0.4 is 4.90 Å². The van der Waals surface area contributed by atoms with Crippen molar-refractivity contribution in [2.75, 3.05) is 11.5 Å². The number of benzene rings is 2. The Kier molecular flexibility index (Phi) is 3.27. The number of imide groups is 1. The number of aliphatic hydroxyl groups excluding tert-OH is 1. The highest BCUT2D eigenvalue weighted by Gasteiger charge is 2.72. The Balaban J connectivity index is 1.64. The predicted octanol–water partition coefficient (Wildman–Crippen LogP) is 2.55. The van der Waals surface area contributed by atoms with Crippen LogP contribution in [0.15, 0.2) is 66.7 Å². The lowest BCUT2D eigenvalue weighted by molar-refractivity contribution is -0.131. The average molecular weight is 361 g/mol. The molecule has 3 aliphatic heterocycles. The quantitative estimate of drug-likeness (QED) is 0.674. The van der Waals surface area contributed by atoms with Gasteiger partial charge >= 0.3 is 0 Å². The van der Waals surface area contributed by atoms with Crippen molar-refractivity contribution in [1.82, 2.24) is 0 Å². The molecule has 3 aliphatic rings. The summed E-state index contributed by atoms with van der Waals surface area (Å²) in [4.78, 5) is 28.0. The van der Waals surface area contributed by atoms with Crippen LogP contribution in [0, 0.1) is 11.8 Å². The number of ether oxygens (including phenoxy) is 1. The summed E-state index contributed by atoms with van der Waals surface area (Å²) in [7, 11) is 0. The first-order chi connectivity index (χ1) is 13.0. The number of hydrogen-bond acceptors (Lipinski definition) is 4. The highest BCUT2D eigenvalue weighted by atomic mass is 16.5. The summed E-state index contributed by atoms with van der Waals surface area (Å²) in [6.07, 6.45) is 3.55. The summed E-state index contributed by atoms with van der Waals surface area (Å²) in [6, 6.07) is 17.1. The standard InChI is InChI=1S/C22H19NO4/c1-21-11-12-22(13-24,27-21)18-17(21)19(25)23(20(18)26)16-10-6-5-9-15(16)14-7-3-2-4-8-14/h2-12,17-18,24H,13H2,1H3/t17-,18-,21+,22-/m1/s1. The van der Waals surface area contributed by atoms with Crippen molar-refractivity contribution in [1.29, 1.82) is 0 Å². The molecular formula is C22H19NO4. The maximum Gasteiger partial charge on any atom is 0.241 e. The Morgan fingerprint density at radius 1 is 0.963 bits per heavy atom. The number of para-hydroxylation sites is 1. The number of rotatable bonds is 3. The van der Waals surface area contributed by atoms with E-state index in [1.807, 2.05) is 61.5 Å². The molecule has 0 unspecified atom stereocenters. The van der Waals surface area contributed by atoms with Gasteiger partial charge in [0.15, 0.2) is 0 Å². The molecule has 2 amide bonds. The first kappa shape index (κ1) is 16.4. The van der Waals surface area contributed by atoms with Crippen LogP contribution >= 0.6 is 0 Å². The van der Waals surface area contributed by atoms with Crippen LogP contribution in [0.1, 0.15) is 6.92 Å². The monoisotopic (exact) mass is 361 g/mol. The Hall–Kier alpha value is -2.76. The van der Waals surface area contributed by atoms with Crippen molar-refractivity contribution < 1.29 is 19.4 Å². The lowest BCUT2D eigenvalue weighted by atomic mass is 9.73. The summed E-state index contributed by atoms with van der Waals surface area (Å²) >= 11 is 0. The molecule has 0 spiro atoms. The number of anilines is 1. The molecule has 136 valence electrons. The second kappa shape index (κ2) is 5.38. The van der Waals surface area contributed by atoms with E-state index in [1.54, 1.807) is 12.1 Å². The number of carbonyl (C=O) groups excluding carboxylic acids is 2. The molecule has 0 radical (unpaired) electrons. The second-order valence-electron chi connectivity index (χ2n) is 7.58. The van der Waals surface area contributed by atoms with Crippen LogP contribution in [0.25, 0.3) is 11.1 Å². The zero-order valence-electron chi connectivity index (χ0n) is 14.8. The van der Waals surface area contributed by atoms with Crippen LogP contribution in [-0.4, -0.2) is 34.7 Å². The minimum atomic E-state index is -1.11. The van der Waals surface area contributed by atoms with E-state index in [1.165, 1.54) is 4.90 Å². The predicted molar refractivity (Wildman–Crippen MR) is 99.8 cm³/mol. The third kappa shape index (κ3) is 2.01. The third-order valence-corrected chi connectivity index (χ3v) is 6.03. The first-order valence-electron chi connectivity index (χ1n) is 9.04. The molecule has 2 aromatic carbocycles. The number of nitrogens with zero attached hydrogens (tertiary/aromatic N) is 1. The van der Waals surface area contributed by atoms with E-state index in [9.17, 15) is 14.7 Å². The van der Waals surface area contributed by atoms with Gasteiger partial charge in [0.25, 0.3) is 0 Å². The van der Waals surface area contributed by atoms with E-state index in [-0.39, 0.29) is 18.4 Å². The van der Waals surface area contributed by atoms with Gasteiger partial charge in [-0.3, -0.25) is 9.59 Å². The SMILES string of the molecule is C[C@@]12C=C[C@](CO)(O1)[C@H]1C(=O)N(c3ccccc3-c3ccccc3)C(=O)[C@@H]12. The number of carbonyl (C=O) groups is 2. The number of fused-ring (bicyclic) bond motifs is 5. The van der Waals surface area contributed by atoms with Gasteiger partial charge in [0, 0.05) is 5.56 Å². The topological polar surface area (TPSA) is 66.8 Å². The highest BCUT2D eigenvalue weighted by molar-refractivity contribution is 6.24. The molecule has 5 heteroatoms. The molecule has 3 heterocycles. The summed E-state index contributed by atoms with van der Waals surface area (Å²) < 4.78 is 5.97. The smallest absolute Gasteiger partial charge is 0.241 e. The van der Waals surface area contributed by atoms with Crippen LogP contribution in [0.3, 0.4) is 0 Å². The van der Waals surface area contributed by atoms with Crippen LogP contribution in [0.4, 0.5) is 5.69 Å². The van der Waals surface area contributed by atoms with Crippen molar-refractivity contribution in [2.24, 2.45) is 11.8 Å². The third-order valence-electron chi connectivity index (χ3n) is 6.03. The summed E-state index contributed by atoms with van der Waals surface area (Å²) in [5.41, 5.74) is 0.360. The van der Waals surface area contributed by atoms with Crippen molar-refractivity contribution in [3.8, 4) is 11.1 Å². The molecule has 2 aromatic rings. The fourth-order valence-electron chi connectivity index (χ4n) is 4.81. The maximum absolute atomic E-state index is 13.4. The molecule has 2 fully saturated rings. The van der Waals surface area contributed by atoms with E-state index in [2.05, 4.69) is 0 Å². The maximum atomic E-state index is 13.4. The Bertz CT molecular complexity index is 985. The number of amides is 2. The van der Waals surface area contributed by atoms with Gasteiger partial charge < -0.3 is 9.84 Å². The zero-order valence-corrected chi connectivity index (χ0v) is 14.8. The summed E-state index contributed by atoms with van der Waals surface area (Å²) in [5.74, 6) is -1.90. The van der Waals surface area contributed by atoms with Crippen LogP contribution in [0.2, 0.25) is 0 Å². The fraction of sp³-hybridized carbons (Fsp3) is 0.273. The Morgan fingerprint density at radius 3 is 2.37 bits per heavy atom. The normalized spacial score (nSPS) is 33.8. The molecule has 4 atom stereocenters. The average Bonchev–Trinajstić information content (AvgIpc) is 3.28. The van der Waals surface area contributed by atoms with Crippen molar-refractivity contribution in [2.45, 2.75) is 18.1 Å².